The maximum Gasteiger partial charge on any atom is 0.321 e. The molecule has 1 aliphatic rings. The number of fused-ring (bicyclic) bond motifs is 3. The lowest BCUT2D eigenvalue weighted by molar-refractivity contribution is -0.153. The lowest BCUT2D eigenvalue weighted by Gasteiger charge is -2.38. The van der Waals surface area contributed by atoms with Crippen LogP contribution in [0, 0.1) is 11.7 Å². The van der Waals surface area contributed by atoms with Crippen molar-refractivity contribution in [2.45, 2.75) is 19.5 Å². The number of anilines is 1. The average Bonchev–Trinajstić information content (AvgIpc) is 3.21. The molecule has 7 heteroatoms. The molecule has 1 aliphatic heterocycles. The van der Waals surface area contributed by atoms with Crippen LogP contribution in [0.1, 0.15) is 24.1 Å². The number of hydrogen-bond acceptors (Lipinski definition) is 4. The van der Waals surface area contributed by atoms with E-state index < -0.39 is 29.7 Å². The van der Waals surface area contributed by atoms with E-state index in [1.807, 2.05) is 54.6 Å². The van der Waals surface area contributed by atoms with Crippen molar-refractivity contribution >= 4 is 28.9 Å². The Morgan fingerprint density at radius 3 is 2.45 bits per heavy atom. The van der Waals surface area contributed by atoms with E-state index in [0.29, 0.717) is 17.0 Å². The molecular weight excluding hydrogens is 421 g/mol. The van der Waals surface area contributed by atoms with Gasteiger partial charge < -0.3 is 9.30 Å². The molecule has 5 rings (SSSR count). The minimum absolute atomic E-state index is 0.114. The highest BCUT2D eigenvalue weighted by atomic mass is 19.1. The number of nitrogens with zero attached hydrogens (tertiary/aromatic N) is 3. The smallest absolute Gasteiger partial charge is 0.321 e. The topological polar surface area (TPSA) is 64.4 Å². The van der Waals surface area contributed by atoms with Gasteiger partial charge >= 0.3 is 5.97 Å². The van der Waals surface area contributed by atoms with Crippen molar-refractivity contribution in [2.24, 2.45) is 5.92 Å². The van der Waals surface area contributed by atoms with Gasteiger partial charge in [-0.25, -0.2) is 9.37 Å². The average molecular weight is 443 g/mol. The van der Waals surface area contributed by atoms with E-state index in [4.69, 9.17) is 9.72 Å². The van der Waals surface area contributed by atoms with Crippen molar-refractivity contribution in [1.82, 2.24) is 9.55 Å². The molecule has 3 aromatic carbocycles. The fourth-order valence-electron chi connectivity index (χ4n) is 4.46. The predicted octanol–water partition coefficient (Wildman–Crippen LogP) is 4.49. The van der Waals surface area contributed by atoms with E-state index in [9.17, 15) is 9.59 Å². The maximum atomic E-state index is 15.1. The number of carbonyl (C=O) groups is 2. The van der Waals surface area contributed by atoms with Crippen LogP contribution in [0.25, 0.3) is 11.0 Å². The number of carbonyl (C=O) groups excluding carboxylic acids is 2. The second kappa shape index (κ2) is 8.50. The number of ether oxygens (including phenoxy) is 1. The molecule has 0 aliphatic carbocycles. The van der Waals surface area contributed by atoms with Crippen LogP contribution < -0.4 is 4.90 Å². The van der Waals surface area contributed by atoms with Crippen LogP contribution in [0.2, 0.25) is 0 Å². The molecule has 1 aromatic heterocycles. The maximum absolute atomic E-state index is 15.1. The van der Waals surface area contributed by atoms with E-state index in [1.165, 1.54) is 11.0 Å². The standard InChI is InChI=1S/C26H22FN3O3/c1-2-33-25(32)22-23(18-12-6-7-13-19(18)27)30-21-15-9-8-14-20(21)28-26(30)29(24(22)31)16-17-10-4-3-5-11-17/h3-15,22-23H,2,16H2,1H3/t22-,23+/m0/s1. The second-order valence-electron chi connectivity index (χ2n) is 7.88. The summed E-state index contributed by atoms with van der Waals surface area (Å²) in [6.45, 7) is 2.02. The van der Waals surface area contributed by atoms with E-state index in [1.54, 1.807) is 29.7 Å². The Morgan fingerprint density at radius 2 is 1.70 bits per heavy atom. The molecule has 0 bridgehead atoms. The first-order valence-corrected chi connectivity index (χ1v) is 10.8. The summed E-state index contributed by atoms with van der Waals surface area (Å²) in [5.41, 5.74) is 2.49. The number of esters is 1. The molecule has 0 N–H and O–H groups in total. The Labute approximate surface area is 190 Å². The summed E-state index contributed by atoms with van der Waals surface area (Å²) in [5, 5.41) is 0. The molecule has 2 heterocycles. The molecule has 33 heavy (non-hydrogen) atoms. The van der Waals surface area contributed by atoms with Crippen LogP contribution in [0.4, 0.5) is 10.3 Å². The fraction of sp³-hybridized carbons (Fsp3) is 0.192. The summed E-state index contributed by atoms with van der Waals surface area (Å²) in [6.07, 6.45) is 0. The minimum Gasteiger partial charge on any atom is -0.465 e. The Balaban J connectivity index is 1.77. The lowest BCUT2D eigenvalue weighted by atomic mass is 9.89. The van der Waals surface area contributed by atoms with E-state index >= 15 is 4.39 Å². The third-order valence-electron chi connectivity index (χ3n) is 5.89. The van der Waals surface area contributed by atoms with Crippen LogP contribution in [-0.2, 0) is 20.9 Å². The first-order chi connectivity index (χ1) is 16.1. The number of halogens is 1. The third kappa shape index (κ3) is 3.55. The van der Waals surface area contributed by atoms with Crippen molar-refractivity contribution < 1.29 is 18.7 Å². The molecule has 0 spiro atoms. The molecule has 0 saturated carbocycles. The molecule has 2 atom stereocenters. The Bertz CT molecular complexity index is 1340. The zero-order chi connectivity index (χ0) is 22.9. The molecule has 0 radical (unpaired) electrons. The number of amides is 1. The van der Waals surface area contributed by atoms with E-state index in [-0.39, 0.29) is 18.7 Å². The van der Waals surface area contributed by atoms with Gasteiger partial charge in [0, 0.05) is 5.56 Å². The molecule has 166 valence electrons. The van der Waals surface area contributed by atoms with Crippen LogP contribution >= 0.6 is 0 Å². The Kier molecular flexibility index (Phi) is 5.38. The van der Waals surface area contributed by atoms with Gasteiger partial charge in [0.25, 0.3) is 0 Å². The number of para-hydroxylation sites is 2. The van der Waals surface area contributed by atoms with Crippen LogP contribution in [0.5, 0.6) is 0 Å². The highest BCUT2D eigenvalue weighted by molar-refractivity contribution is 6.08. The Morgan fingerprint density at radius 1 is 1.00 bits per heavy atom. The van der Waals surface area contributed by atoms with Crippen molar-refractivity contribution in [3.05, 3.63) is 95.8 Å². The SMILES string of the molecule is CCOC(=O)[C@@H]1C(=O)N(Cc2ccccc2)c2nc3ccccc3n2[C@@H]1c1ccccc1F. The molecule has 1 amide bonds. The van der Waals surface area contributed by atoms with Gasteiger partial charge in [0.05, 0.1) is 30.2 Å². The van der Waals surface area contributed by atoms with E-state index in [2.05, 4.69) is 0 Å². The van der Waals surface area contributed by atoms with Gasteiger partial charge in [-0.15, -0.1) is 0 Å². The fourth-order valence-corrected chi connectivity index (χ4v) is 4.46. The molecule has 4 aromatic rings. The summed E-state index contributed by atoms with van der Waals surface area (Å²) < 4.78 is 22.2. The number of imidazole rings is 1. The first kappa shape index (κ1) is 20.9. The predicted molar refractivity (Wildman–Crippen MR) is 122 cm³/mol. The summed E-state index contributed by atoms with van der Waals surface area (Å²) in [6, 6.07) is 22.2. The monoisotopic (exact) mass is 443 g/mol. The third-order valence-corrected chi connectivity index (χ3v) is 5.89. The largest absolute Gasteiger partial charge is 0.465 e. The first-order valence-electron chi connectivity index (χ1n) is 10.8. The van der Waals surface area contributed by atoms with Gasteiger partial charge in [-0.3, -0.25) is 14.5 Å². The van der Waals surface area contributed by atoms with E-state index in [0.717, 1.165) is 5.56 Å². The zero-order valence-corrected chi connectivity index (χ0v) is 18.0. The number of hydrogen-bond donors (Lipinski definition) is 0. The van der Waals surface area contributed by atoms with Crippen LogP contribution in [-0.4, -0.2) is 28.0 Å². The van der Waals surface area contributed by atoms with Gasteiger partial charge in [0.15, 0.2) is 5.92 Å². The normalized spacial score (nSPS) is 17.8. The van der Waals surface area contributed by atoms with Crippen LogP contribution in [0.3, 0.4) is 0 Å². The van der Waals surface area contributed by atoms with Crippen molar-refractivity contribution in [3.8, 4) is 0 Å². The van der Waals surface area contributed by atoms with Crippen molar-refractivity contribution in [2.75, 3.05) is 11.5 Å². The molecule has 6 nitrogen and oxygen atoms in total. The number of rotatable bonds is 5. The van der Waals surface area contributed by atoms with Gasteiger partial charge in [0.1, 0.15) is 5.82 Å². The zero-order valence-electron chi connectivity index (χ0n) is 18.0. The quantitative estimate of drug-likeness (QED) is 0.337. The van der Waals surface area contributed by atoms with Crippen molar-refractivity contribution in [1.29, 1.82) is 0 Å². The van der Waals surface area contributed by atoms with Gasteiger partial charge in [-0.2, -0.15) is 0 Å². The van der Waals surface area contributed by atoms with Gasteiger partial charge in [-0.05, 0) is 30.7 Å². The summed E-state index contributed by atoms with van der Waals surface area (Å²) in [7, 11) is 0. The molecule has 0 unspecified atom stereocenters. The van der Waals surface area contributed by atoms with Gasteiger partial charge in [-0.1, -0.05) is 60.7 Å². The summed E-state index contributed by atoms with van der Waals surface area (Å²) >= 11 is 0. The lowest BCUT2D eigenvalue weighted by Crippen LogP contribution is -2.50. The minimum atomic E-state index is -1.25. The molecule has 0 saturated heterocycles. The summed E-state index contributed by atoms with van der Waals surface area (Å²) in [4.78, 5) is 33.2. The highest BCUT2D eigenvalue weighted by Crippen LogP contribution is 2.42. The van der Waals surface area contributed by atoms with Gasteiger partial charge in [0.2, 0.25) is 11.9 Å². The number of benzene rings is 3. The van der Waals surface area contributed by atoms with Crippen molar-refractivity contribution in [3.63, 3.8) is 0 Å². The molecular formula is C26H22FN3O3. The number of aromatic nitrogens is 2. The second-order valence-corrected chi connectivity index (χ2v) is 7.88. The highest BCUT2D eigenvalue weighted by Gasteiger charge is 2.48. The summed E-state index contributed by atoms with van der Waals surface area (Å²) in [5.74, 6) is -2.52. The molecule has 0 fully saturated rings. The van der Waals surface area contributed by atoms with Crippen LogP contribution in [0.15, 0.2) is 78.9 Å². The Hall–Kier alpha value is -4.00.